The Labute approximate surface area is 134 Å². The van der Waals surface area contributed by atoms with Crippen LogP contribution in [0.5, 0.6) is 0 Å². The molecule has 2 heterocycles. The van der Waals surface area contributed by atoms with E-state index in [1.54, 1.807) is 0 Å². The molecule has 0 fully saturated rings. The van der Waals surface area contributed by atoms with Crippen LogP contribution in [0.4, 0.5) is 0 Å². The van der Waals surface area contributed by atoms with Gasteiger partial charge in [-0.1, -0.05) is 0 Å². The largest absolute Gasteiger partial charge is 0.308 e. The molecule has 2 aromatic heterocycles. The lowest BCUT2D eigenvalue weighted by molar-refractivity contribution is 0.366. The summed E-state index contributed by atoms with van der Waals surface area (Å²) in [5.41, 5.74) is 3.35. The molecule has 21 heavy (non-hydrogen) atoms. The lowest BCUT2D eigenvalue weighted by atomic mass is 10.0. The lowest BCUT2D eigenvalue weighted by Crippen LogP contribution is -2.25. The summed E-state index contributed by atoms with van der Waals surface area (Å²) in [7, 11) is 6.11. The summed E-state index contributed by atoms with van der Waals surface area (Å²) < 4.78 is 3.08. The fourth-order valence-electron chi connectivity index (χ4n) is 2.34. The van der Waals surface area contributed by atoms with Gasteiger partial charge in [-0.2, -0.15) is 5.10 Å². The number of pyridine rings is 1. The first-order chi connectivity index (χ1) is 10.0. The summed E-state index contributed by atoms with van der Waals surface area (Å²) in [4.78, 5) is 6.43. The highest BCUT2D eigenvalue weighted by atomic mass is 79.9. The fourth-order valence-corrected chi connectivity index (χ4v) is 2.87. The summed E-state index contributed by atoms with van der Waals surface area (Å²) in [6, 6.07) is 4.24. The molecule has 0 aromatic carbocycles. The van der Waals surface area contributed by atoms with Crippen molar-refractivity contribution in [2.24, 2.45) is 0 Å². The van der Waals surface area contributed by atoms with Gasteiger partial charge in [0.1, 0.15) is 0 Å². The molecule has 0 aliphatic carbocycles. The van der Waals surface area contributed by atoms with Crippen LogP contribution in [0.3, 0.4) is 0 Å². The molecule has 0 saturated heterocycles. The van der Waals surface area contributed by atoms with Gasteiger partial charge in [-0.05, 0) is 61.7 Å². The number of aryl methyl sites for hydroxylation is 1. The minimum absolute atomic E-state index is 0.0886. The SMILES string of the molecule is CNC(c1ccnc(C)c1)c1c(Br)cnn1CCN(C)C. The van der Waals surface area contributed by atoms with Gasteiger partial charge in [-0.3, -0.25) is 9.67 Å². The van der Waals surface area contributed by atoms with E-state index in [-0.39, 0.29) is 6.04 Å². The van der Waals surface area contributed by atoms with Crippen LogP contribution < -0.4 is 5.32 Å². The Morgan fingerprint density at radius 2 is 2.19 bits per heavy atom. The Kier molecular flexibility index (Phi) is 5.50. The molecule has 1 atom stereocenters. The summed E-state index contributed by atoms with van der Waals surface area (Å²) in [6.45, 7) is 3.82. The van der Waals surface area contributed by atoms with E-state index >= 15 is 0 Å². The molecule has 0 saturated carbocycles. The molecular formula is C15H22BrN5. The van der Waals surface area contributed by atoms with Crippen LogP contribution >= 0.6 is 15.9 Å². The molecule has 2 rings (SSSR count). The second kappa shape index (κ2) is 7.15. The van der Waals surface area contributed by atoms with Crippen molar-refractivity contribution in [3.8, 4) is 0 Å². The van der Waals surface area contributed by atoms with Gasteiger partial charge in [0, 0.05) is 18.4 Å². The average molecular weight is 352 g/mol. The second-order valence-electron chi connectivity index (χ2n) is 5.36. The number of nitrogens with one attached hydrogen (secondary N) is 1. The molecule has 0 aliphatic rings. The molecule has 2 aromatic rings. The monoisotopic (exact) mass is 351 g/mol. The Morgan fingerprint density at radius 1 is 1.43 bits per heavy atom. The third-order valence-electron chi connectivity index (χ3n) is 3.41. The Balaban J connectivity index is 2.35. The van der Waals surface area contributed by atoms with Gasteiger partial charge < -0.3 is 10.2 Å². The molecule has 0 radical (unpaired) electrons. The van der Waals surface area contributed by atoms with E-state index in [0.717, 1.165) is 29.0 Å². The first-order valence-electron chi connectivity index (χ1n) is 6.98. The van der Waals surface area contributed by atoms with Gasteiger partial charge in [0.2, 0.25) is 0 Å². The van der Waals surface area contributed by atoms with Crippen molar-refractivity contribution in [2.45, 2.75) is 19.5 Å². The second-order valence-corrected chi connectivity index (χ2v) is 6.21. The van der Waals surface area contributed by atoms with E-state index in [4.69, 9.17) is 0 Å². The van der Waals surface area contributed by atoms with Crippen LogP contribution in [0.15, 0.2) is 29.0 Å². The van der Waals surface area contributed by atoms with E-state index in [2.05, 4.69) is 61.1 Å². The first-order valence-corrected chi connectivity index (χ1v) is 7.78. The lowest BCUT2D eigenvalue weighted by Gasteiger charge is -2.20. The van der Waals surface area contributed by atoms with Crippen LogP contribution in [0.1, 0.15) is 23.0 Å². The van der Waals surface area contributed by atoms with Gasteiger partial charge in [0.15, 0.2) is 0 Å². The van der Waals surface area contributed by atoms with Crippen LogP contribution in [0.2, 0.25) is 0 Å². The van der Waals surface area contributed by atoms with Crippen molar-refractivity contribution in [1.82, 2.24) is 25.0 Å². The van der Waals surface area contributed by atoms with E-state index in [1.807, 2.05) is 32.4 Å². The molecule has 0 aliphatic heterocycles. The summed E-state index contributed by atoms with van der Waals surface area (Å²) in [5.74, 6) is 0. The summed E-state index contributed by atoms with van der Waals surface area (Å²) in [5, 5.41) is 7.88. The zero-order chi connectivity index (χ0) is 15.4. The van der Waals surface area contributed by atoms with E-state index < -0.39 is 0 Å². The van der Waals surface area contributed by atoms with Gasteiger partial charge >= 0.3 is 0 Å². The normalized spacial score (nSPS) is 12.9. The van der Waals surface area contributed by atoms with E-state index in [9.17, 15) is 0 Å². The van der Waals surface area contributed by atoms with Crippen LogP contribution in [0, 0.1) is 6.92 Å². The Hall–Kier alpha value is -1.24. The minimum Gasteiger partial charge on any atom is -0.308 e. The fraction of sp³-hybridized carbons (Fsp3) is 0.467. The highest BCUT2D eigenvalue weighted by Crippen LogP contribution is 2.28. The molecular weight excluding hydrogens is 330 g/mol. The highest BCUT2D eigenvalue weighted by molar-refractivity contribution is 9.10. The molecule has 114 valence electrons. The highest BCUT2D eigenvalue weighted by Gasteiger charge is 2.20. The average Bonchev–Trinajstić information content (AvgIpc) is 2.79. The van der Waals surface area contributed by atoms with E-state index in [0.29, 0.717) is 0 Å². The molecule has 1 N–H and O–H groups in total. The maximum Gasteiger partial charge on any atom is 0.0758 e. The van der Waals surface area contributed by atoms with Crippen molar-refractivity contribution in [3.05, 3.63) is 46.0 Å². The quantitative estimate of drug-likeness (QED) is 0.866. The number of aromatic nitrogens is 3. The number of nitrogens with zero attached hydrogens (tertiary/aromatic N) is 4. The van der Waals surface area contributed by atoms with Gasteiger partial charge in [-0.15, -0.1) is 0 Å². The number of halogens is 1. The predicted molar refractivity (Wildman–Crippen MR) is 88.4 cm³/mol. The molecule has 0 amide bonds. The number of rotatable bonds is 6. The maximum absolute atomic E-state index is 4.49. The predicted octanol–water partition coefficient (Wildman–Crippen LogP) is 2.22. The minimum atomic E-state index is 0.0886. The molecule has 6 heteroatoms. The van der Waals surface area contributed by atoms with Crippen molar-refractivity contribution < 1.29 is 0 Å². The number of likely N-dealkylation sites (N-methyl/N-ethyl adjacent to an activating group) is 1. The molecule has 0 bridgehead atoms. The van der Waals surface area contributed by atoms with Gasteiger partial charge in [0.05, 0.1) is 29.0 Å². The maximum atomic E-state index is 4.49. The van der Waals surface area contributed by atoms with Crippen LogP contribution in [-0.4, -0.2) is 47.4 Å². The van der Waals surface area contributed by atoms with Crippen molar-refractivity contribution in [2.75, 3.05) is 27.7 Å². The first kappa shape index (κ1) is 16.1. The third kappa shape index (κ3) is 3.90. The number of hydrogen-bond acceptors (Lipinski definition) is 4. The van der Waals surface area contributed by atoms with Crippen molar-refractivity contribution in [1.29, 1.82) is 0 Å². The number of hydrogen-bond donors (Lipinski definition) is 1. The zero-order valence-electron chi connectivity index (χ0n) is 13.0. The molecule has 1 unspecified atom stereocenters. The molecule has 5 nitrogen and oxygen atoms in total. The standard InChI is InChI=1S/C15H22BrN5/c1-11-9-12(5-6-18-11)14(17-2)15-13(16)10-19-21(15)8-7-20(3)4/h5-6,9-10,14,17H,7-8H2,1-4H3. The van der Waals surface area contributed by atoms with Crippen LogP contribution in [0.25, 0.3) is 0 Å². The zero-order valence-corrected chi connectivity index (χ0v) is 14.6. The van der Waals surface area contributed by atoms with Gasteiger partial charge in [-0.25, -0.2) is 0 Å². The summed E-state index contributed by atoms with van der Waals surface area (Å²) in [6.07, 6.45) is 3.72. The summed E-state index contributed by atoms with van der Waals surface area (Å²) >= 11 is 3.63. The topological polar surface area (TPSA) is 46.0 Å². The van der Waals surface area contributed by atoms with Crippen molar-refractivity contribution in [3.63, 3.8) is 0 Å². The smallest absolute Gasteiger partial charge is 0.0758 e. The Bertz CT molecular complexity index is 593. The molecule has 0 spiro atoms. The Morgan fingerprint density at radius 3 is 2.81 bits per heavy atom. The van der Waals surface area contributed by atoms with Gasteiger partial charge in [0.25, 0.3) is 0 Å². The third-order valence-corrected chi connectivity index (χ3v) is 4.02. The van der Waals surface area contributed by atoms with E-state index in [1.165, 1.54) is 5.56 Å². The van der Waals surface area contributed by atoms with Crippen molar-refractivity contribution >= 4 is 15.9 Å². The van der Waals surface area contributed by atoms with Crippen LogP contribution in [-0.2, 0) is 6.54 Å².